The first kappa shape index (κ1) is 16.7. The average Bonchev–Trinajstić information content (AvgIpc) is 3.05. The lowest BCUT2D eigenvalue weighted by Gasteiger charge is -2.07. The lowest BCUT2D eigenvalue weighted by molar-refractivity contribution is 0.0942. The van der Waals surface area contributed by atoms with Crippen LogP contribution in [0.5, 0.6) is 5.88 Å². The maximum absolute atomic E-state index is 12.4. The molecule has 0 saturated heterocycles. The molecule has 0 unspecified atom stereocenters. The molecule has 0 bridgehead atoms. The third kappa shape index (κ3) is 4.03. The molecule has 2 aromatic carbocycles. The minimum absolute atomic E-state index is 0.186. The Bertz CT molecular complexity index is 842. The number of nitrogens with zero attached hydrogens (tertiary/aromatic N) is 3. The van der Waals surface area contributed by atoms with Crippen molar-refractivity contribution < 1.29 is 9.53 Å². The molecule has 6 nitrogen and oxygen atoms in total. The minimum Gasteiger partial charge on any atom is -0.479 e. The second-order valence-corrected chi connectivity index (χ2v) is 5.76. The van der Waals surface area contributed by atoms with Crippen LogP contribution in [0.2, 0.25) is 0 Å². The molecule has 3 aromatic rings. The molecule has 1 N–H and O–H groups in total. The Balaban J connectivity index is 1.72. The molecule has 25 heavy (non-hydrogen) atoms. The van der Waals surface area contributed by atoms with E-state index in [4.69, 9.17) is 4.74 Å². The second kappa shape index (κ2) is 7.61. The molecule has 1 amide bonds. The number of benzene rings is 2. The number of aryl methyl sites for hydroxylation is 1. The summed E-state index contributed by atoms with van der Waals surface area (Å²) in [6.07, 6.45) is 0. The Hall–Kier alpha value is -3.15. The zero-order valence-corrected chi connectivity index (χ0v) is 14.3. The van der Waals surface area contributed by atoms with Crippen LogP contribution < -0.4 is 10.1 Å². The van der Waals surface area contributed by atoms with Gasteiger partial charge in [-0.3, -0.25) is 4.79 Å². The van der Waals surface area contributed by atoms with E-state index in [-0.39, 0.29) is 11.6 Å². The molecule has 0 spiro atoms. The second-order valence-electron chi connectivity index (χ2n) is 5.76. The van der Waals surface area contributed by atoms with E-state index in [0.717, 1.165) is 11.1 Å². The van der Waals surface area contributed by atoms with Crippen molar-refractivity contribution in [3.63, 3.8) is 0 Å². The molecule has 1 heterocycles. The molecular weight excluding hydrogens is 316 g/mol. The summed E-state index contributed by atoms with van der Waals surface area (Å²) >= 11 is 0. The standard InChI is InChI=1S/C19H20N4O2/c1-14-8-10-16(11-9-14)13-23-19(25-2)17(21-22-23)18(24)20-12-15-6-4-3-5-7-15/h3-11H,12-13H2,1-2H3,(H,20,24). The Morgan fingerprint density at radius 1 is 1.08 bits per heavy atom. The summed E-state index contributed by atoms with van der Waals surface area (Å²) in [5, 5.41) is 10.9. The van der Waals surface area contributed by atoms with Crippen molar-refractivity contribution in [3.05, 3.63) is 77.0 Å². The van der Waals surface area contributed by atoms with E-state index in [0.29, 0.717) is 19.0 Å². The Morgan fingerprint density at radius 3 is 2.48 bits per heavy atom. The maximum atomic E-state index is 12.4. The smallest absolute Gasteiger partial charge is 0.277 e. The van der Waals surface area contributed by atoms with Gasteiger partial charge in [0.25, 0.3) is 5.91 Å². The maximum Gasteiger partial charge on any atom is 0.277 e. The van der Waals surface area contributed by atoms with Gasteiger partial charge < -0.3 is 10.1 Å². The lowest BCUT2D eigenvalue weighted by Crippen LogP contribution is -2.23. The Labute approximate surface area is 146 Å². The van der Waals surface area contributed by atoms with Gasteiger partial charge in [-0.05, 0) is 18.1 Å². The predicted octanol–water partition coefficient (Wildman–Crippen LogP) is 2.57. The molecule has 0 aliphatic carbocycles. The quantitative estimate of drug-likeness (QED) is 0.751. The van der Waals surface area contributed by atoms with Crippen LogP contribution in [0.1, 0.15) is 27.2 Å². The molecule has 0 radical (unpaired) electrons. The molecule has 0 atom stereocenters. The predicted molar refractivity (Wildman–Crippen MR) is 94.5 cm³/mol. The van der Waals surface area contributed by atoms with Crippen LogP contribution >= 0.6 is 0 Å². The fourth-order valence-electron chi connectivity index (χ4n) is 2.48. The number of carbonyl (C=O) groups is 1. The van der Waals surface area contributed by atoms with Gasteiger partial charge >= 0.3 is 0 Å². The van der Waals surface area contributed by atoms with Gasteiger partial charge in [0.1, 0.15) is 0 Å². The molecule has 0 fully saturated rings. The summed E-state index contributed by atoms with van der Waals surface area (Å²) < 4.78 is 6.95. The van der Waals surface area contributed by atoms with Crippen LogP contribution in [0.15, 0.2) is 54.6 Å². The lowest BCUT2D eigenvalue weighted by atomic mass is 10.1. The van der Waals surface area contributed by atoms with Crippen LogP contribution in [0, 0.1) is 6.92 Å². The van der Waals surface area contributed by atoms with Crippen LogP contribution in [0.4, 0.5) is 0 Å². The number of aromatic nitrogens is 3. The highest BCUT2D eigenvalue weighted by Crippen LogP contribution is 2.17. The number of hydrogen-bond acceptors (Lipinski definition) is 4. The number of carbonyl (C=O) groups excluding carboxylic acids is 1. The SMILES string of the molecule is COc1c(C(=O)NCc2ccccc2)nnn1Cc1ccc(C)cc1. The van der Waals surface area contributed by atoms with Gasteiger partial charge in [0.15, 0.2) is 0 Å². The van der Waals surface area contributed by atoms with Gasteiger partial charge in [-0.2, -0.15) is 0 Å². The van der Waals surface area contributed by atoms with Gasteiger partial charge in [-0.1, -0.05) is 65.4 Å². The first-order valence-electron chi connectivity index (χ1n) is 8.02. The third-order valence-electron chi connectivity index (χ3n) is 3.85. The topological polar surface area (TPSA) is 69.0 Å². The van der Waals surface area contributed by atoms with E-state index in [1.165, 1.54) is 12.7 Å². The largest absolute Gasteiger partial charge is 0.479 e. The molecule has 3 rings (SSSR count). The fraction of sp³-hybridized carbons (Fsp3) is 0.211. The molecule has 1 aromatic heterocycles. The zero-order valence-electron chi connectivity index (χ0n) is 14.3. The fourth-order valence-corrected chi connectivity index (χ4v) is 2.48. The van der Waals surface area contributed by atoms with E-state index in [9.17, 15) is 4.79 Å². The Morgan fingerprint density at radius 2 is 1.80 bits per heavy atom. The van der Waals surface area contributed by atoms with Crippen molar-refractivity contribution in [2.45, 2.75) is 20.0 Å². The number of rotatable bonds is 6. The van der Waals surface area contributed by atoms with Crippen molar-refractivity contribution in [1.29, 1.82) is 0 Å². The minimum atomic E-state index is -0.309. The van der Waals surface area contributed by atoms with E-state index < -0.39 is 0 Å². The van der Waals surface area contributed by atoms with Gasteiger partial charge in [0, 0.05) is 6.54 Å². The summed E-state index contributed by atoms with van der Waals surface area (Å²) in [5.74, 6) is 0.0435. The van der Waals surface area contributed by atoms with Crippen LogP contribution in [-0.2, 0) is 13.1 Å². The summed E-state index contributed by atoms with van der Waals surface area (Å²) in [7, 11) is 1.51. The summed E-state index contributed by atoms with van der Waals surface area (Å²) in [6, 6.07) is 17.8. The zero-order chi connectivity index (χ0) is 17.6. The van der Waals surface area contributed by atoms with E-state index in [1.54, 1.807) is 4.68 Å². The summed E-state index contributed by atoms with van der Waals surface area (Å²) in [6.45, 7) is 2.95. The Kier molecular flexibility index (Phi) is 5.09. The van der Waals surface area contributed by atoms with Crippen LogP contribution in [0.25, 0.3) is 0 Å². The van der Waals surface area contributed by atoms with E-state index in [2.05, 4.69) is 15.6 Å². The number of methoxy groups -OCH3 is 1. The molecule has 0 saturated carbocycles. The first-order chi connectivity index (χ1) is 12.2. The summed E-state index contributed by atoms with van der Waals surface area (Å²) in [4.78, 5) is 12.4. The summed E-state index contributed by atoms with van der Waals surface area (Å²) in [5.41, 5.74) is 3.45. The highest BCUT2D eigenvalue weighted by Gasteiger charge is 2.20. The van der Waals surface area contributed by atoms with Crippen molar-refractivity contribution in [3.8, 4) is 5.88 Å². The molecule has 0 aliphatic heterocycles. The van der Waals surface area contributed by atoms with Crippen molar-refractivity contribution in [2.75, 3.05) is 7.11 Å². The third-order valence-corrected chi connectivity index (χ3v) is 3.85. The number of amides is 1. The normalized spacial score (nSPS) is 10.5. The first-order valence-corrected chi connectivity index (χ1v) is 8.02. The number of hydrogen-bond donors (Lipinski definition) is 1. The monoisotopic (exact) mass is 336 g/mol. The molecular formula is C19H20N4O2. The van der Waals surface area contributed by atoms with Crippen LogP contribution in [0.3, 0.4) is 0 Å². The van der Waals surface area contributed by atoms with Crippen molar-refractivity contribution in [2.24, 2.45) is 0 Å². The van der Waals surface area contributed by atoms with Gasteiger partial charge in [-0.15, -0.1) is 5.10 Å². The molecule has 128 valence electrons. The molecule has 6 heteroatoms. The van der Waals surface area contributed by atoms with E-state index >= 15 is 0 Å². The highest BCUT2D eigenvalue weighted by molar-refractivity contribution is 5.94. The number of nitrogens with one attached hydrogen (secondary N) is 1. The molecule has 0 aliphatic rings. The average molecular weight is 336 g/mol. The van der Waals surface area contributed by atoms with Crippen molar-refractivity contribution in [1.82, 2.24) is 20.3 Å². The van der Waals surface area contributed by atoms with Gasteiger partial charge in [-0.25, -0.2) is 4.68 Å². The highest BCUT2D eigenvalue weighted by atomic mass is 16.5. The van der Waals surface area contributed by atoms with E-state index in [1.807, 2.05) is 61.5 Å². The van der Waals surface area contributed by atoms with Crippen molar-refractivity contribution >= 4 is 5.91 Å². The number of ether oxygens (including phenoxy) is 1. The van der Waals surface area contributed by atoms with Gasteiger partial charge in [0.2, 0.25) is 11.6 Å². The van der Waals surface area contributed by atoms with Crippen LogP contribution in [-0.4, -0.2) is 28.0 Å². The van der Waals surface area contributed by atoms with Gasteiger partial charge in [0.05, 0.1) is 13.7 Å².